The van der Waals surface area contributed by atoms with Crippen LogP contribution >= 0.6 is 0 Å². The van der Waals surface area contributed by atoms with Crippen molar-refractivity contribution in [2.45, 2.75) is 0 Å². The Morgan fingerprint density at radius 3 is 3.00 bits per heavy atom. The van der Waals surface area contributed by atoms with Crippen LogP contribution in [0.4, 0.5) is 0 Å². The van der Waals surface area contributed by atoms with Crippen molar-refractivity contribution < 1.29 is 19.1 Å². The van der Waals surface area contributed by atoms with Crippen LogP contribution < -0.4 is 14.2 Å². The highest BCUT2D eigenvalue weighted by atomic mass is 16.7. The number of hydrogen-bond acceptors (Lipinski definition) is 5. The van der Waals surface area contributed by atoms with E-state index in [1.165, 1.54) is 13.2 Å². The van der Waals surface area contributed by atoms with Crippen molar-refractivity contribution in [1.82, 2.24) is 0 Å². The Kier molecular flexibility index (Phi) is 2.63. The topological polar surface area (TPSA) is 70.8 Å². The van der Waals surface area contributed by atoms with E-state index in [0.29, 0.717) is 22.8 Å². The molecule has 6 nitrogen and oxygen atoms in total. The zero-order chi connectivity index (χ0) is 11.5. The maximum absolute atomic E-state index is 10.2. The Balaban J connectivity index is 2.38. The minimum atomic E-state index is -0.531. The fourth-order valence-electron chi connectivity index (χ4n) is 1.39. The van der Waals surface area contributed by atoms with E-state index in [4.69, 9.17) is 14.2 Å². The van der Waals surface area contributed by atoms with E-state index in [0.717, 1.165) is 6.20 Å². The Morgan fingerprint density at radius 2 is 2.31 bits per heavy atom. The van der Waals surface area contributed by atoms with E-state index in [2.05, 4.69) is 0 Å². The summed E-state index contributed by atoms with van der Waals surface area (Å²) in [5, 5.41) is 10.2. The minimum Gasteiger partial charge on any atom is -0.493 e. The molecule has 1 aliphatic rings. The van der Waals surface area contributed by atoms with Gasteiger partial charge in [-0.15, -0.1) is 0 Å². The van der Waals surface area contributed by atoms with Gasteiger partial charge in [-0.2, -0.15) is 0 Å². The number of methoxy groups -OCH3 is 1. The predicted octanol–water partition coefficient (Wildman–Crippen LogP) is 1.67. The number of nitrogens with zero attached hydrogens (tertiary/aromatic N) is 1. The molecular formula is C10H9NO5. The normalized spacial score (nSPS) is 13.1. The molecule has 0 atom stereocenters. The number of benzene rings is 1. The van der Waals surface area contributed by atoms with Gasteiger partial charge >= 0.3 is 0 Å². The Labute approximate surface area is 91.2 Å². The van der Waals surface area contributed by atoms with Gasteiger partial charge in [-0.25, -0.2) is 0 Å². The molecule has 1 aliphatic heterocycles. The standard InChI is InChI=1S/C10H9NO5/c1-14-8-4-7(2-3-11(12)13)5-9-10(8)16-6-15-9/h2-5H,6H2,1H3/b3-2+. The van der Waals surface area contributed by atoms with Crippen LogP contribution in [0.1, 0.15) is 5.56 Å². The highest BCUT2D eigenvalue weighted by molar-refractivity contribution is 5.62. The lowest BCUT2D eigenvalue weighted by Crippen LogP contribution is -1.93. The van der Waals surface area contributed by atoms with Crippen molar-refractivity contribution in [3.8, 4) is 17.2 Å². The molecule has 1 heterocycles. The first-order chi connectivity index (χ1) is 7.70. The third kappa shape index (κ3) is 1.90. The van der Waals surface area contributed by atoms with Gasteiger partial charge in [0.05, 0.1) is 12.0 Å². The molecule has 16 heavy (non-hydrogen) atoms. The molecule has 0 fully saturated rings. The van der Waals surface area contributed by atoms with Crippen LogP contribution in [0.2, 0.25) is 0 Å². The third-order valence-corrected chi connectivity index (χ3v) is 2.07. The minimum absolute atomic E-state index is 0.133. The zero-order valence-electron chi connectivity index (χ0n) is 8.50. The molecule has 0 aromatic heterocycles. The lowest BCUT2D eigenvalue weighted by Gasteiger charge is -2.05. The summed E-state index contributed by atoms with van der Waals surface area (Å²) in [5.74, 6) is 1.56. The summed E-state index contributed by atoms with van der Waals surface area (Å²) >= 11 is 0. The summed E-state index contributed by atoms with van der Waals surface area (Å²) in [6.45, 7) is 0.133. The Hall–Kier alpha value is -2.24. The van der Waals surface area contributed by atoms with Gasteiger partial charge in [-0.1, -0.05) is 0 Å². The number of nitro groups is 1. The fraction of sp³-hybridized carbons (Fsp3) is 0.200. The first-order valence-electron chi connectivity index (χ1n) is 4.50. The SMILES string of the molecule is COc1cc(/C=C/[N+](=O)[O-])cc2c1OCO2. The molecule has 1 aromatic carbocycles. The molecule has 0 N–H and O–H groups in total. The predicted molar refractivity (Wildman–Crippen MR) is 55.1 cm³/mol. The first kappa shape index (κ1) is 10.3. The van der Waals surface area contributed by atoms with Gasteiger partial charge in [-0.05, 0) is 17.7 Å². The third-order valence-electron chi connectivity index (χ3n) is 2.07. The largest absolute Gasteiger partial charge is 0.493 e. The Morgan fingerprint density at radius 1 is 1.50 bits per heavy atom. The highest BCUT2D eigenvalue weighted by Crippen LogP contribution is 2.41. The van der Waals surface area contributed by atoms with Crippen LogP contribution in [0.25, 0.3) is 6.08 Å². The molecule has 0 amide bonds. The quantitative estimate of drug-likeness (QED) is 0.575. The van der Waals surface area contributed by atoms with E-state index in [1.54, 1.807) is 12.1 Å². The molecule has 1 aromatic rings. The van der Waals surface area contributed by atoms with E-state index in [9.17, 15) is 10.1 Å². The van der Waals surface area contributed by atoms with Crippen molar-refractivity contribution in [1.29, 1.82) is 0 Å². The van der Waals surface area contributed by atoms with E-state index in [-0.39, 0.29) is 6.79 Å². The molecule has 0 aliphatic carbocycles. The monoisotopic (exact) mass is 223 g/mol. The summed E-state index contributed by atoms with van der Waals surface area (Å²) < 4.78 is 15.5. The van der Waals surface area contributed by atoms with Gasteiger partial charge in [0.1, 0.15) is 0 Å². The number of ether oxygens (including phenoxy) is 3. The summed E-state index contributed by atoms with van der Waals surface area (Å²) in [6, 6.07) is 3.30. The molecule has 84 valence electrons. The van der Waals surface area contributed by atoms with Crippen molar-refractivity contribution >= 4 is 6.08 Å². The van der Waals surface area contributed by atoms with Gasteiger partial charge in [0.25, 0.3) is 0 Å². The van der Waals surface area contributed by atoms with Crippen molar-refractivity contribution in [2.75, 3.05) is 13.9 Å². The average Bonchev–Trinajstić information content (AvgIpc) is 2.73. The average molecular weight is 223 g/mol. The van der Waals surface area contributed by atoms with Gasteiger partial charge in [0.15, 0.2) is 11.5 Å². The highest BCUT2D eigenvalue weighted by Gasteiger charge is 2.19. The van der Waals surface area contributed by atoms with Crippen molar-refractivity contribution in [3.63, 3.8) is 0 Å². The molecule has 6 heteroatoms. The summed E-state index contributed by atoms with van der Waals surface area (Å²) in [6.07, 6.45) is 2.22. The molecular weight excluding hydrogens is 214 g/mol. The summed E-state index contributed by atoms with van der Waals surface area (Å²) in [4.78, 5) is 9.66. The van der Waals surface area contributed by atoms with Crippen molar-refractivity contribution in [3.05, 3.63) is 34.0 Å². The van der Waals surface area contributed by atoms with Crippen LogP contribution in [-0.4, -0.2) is 18.8 Å². The summed E-state index contributed by atoms with van der Waals surface area (Å²) in [7, 11) is 1.50. The van der Waals surface area contributed by atoms with Gasteiger partial charge in [0.2, 0.25) is 18.7 Å². The van der Waals surface area contributed by atoms with Crippen LogP contribution in [0.15, 0.2) is 18.3 Å². The summed E-state index contributed by atoms with van der Waals surface area (Å²) in [5.41, 5.74) is 0.623. The van der Waals surface area contributed by atoms with Gasteiger partial charge in [-0.3, -0.25) is 10.1 Å². The molecule has 0 bridgehead atoms. The van der Waals surface area contributed by atoms with Crippen LogP contribution in [0.5, 0.6) is 17.2 Å². The molecule has 0 saturated carbocycles. The molecule has 2 rings (SSSR count). The zero-order valence-corrected chi connectivity index (χ0v) is 8.50. The molecule has 0 radical (unpaired) electrons. The van der Waals surface area contributed by atoms with Crippen LogP contribution in [0.3, 0.4) is 0 Å². The second kappa shape index (κ2) is 4.09. The Bertz CT molecular complexity index is 455. The van der Waals surface area contributed by atoms with Crippen LogP contribution in [0, 0.1) is 10.1 Å². The van der Waals surface area contributed by atoms with E-state index >= 15 is 0 Å². The number of rotatable bonds is 3. The van der Waals surface area contributed by atoms with Gasteiger partial charge in [0, 0.05) is 6.08 Å². The molecule has 0 saturated heterocycles. The lowest BCUT2D eigenvalue weighted by molar-refractivity contribution is -0.400. The lowest BCUT2D eigenvalue weighted by atomic mass is 10.2. The second-order valence-electron chi connectivity index (χ2n) is 3.06. The number of fused-ring (bicyclic) bond motifs is 1. The van der Waals surface area contributed by atoms with Gasteiger partial charge < -0.3 is 14.2 Å². The molecule has 0 unspecified atom stereocenters. The van der Waals surface area contributed by atoms with Crippen molar-refractivity contribution in [2.24, 2.45) is 0 Å². The van der Waals surface area contributed by atoms with E-state index in [1.807, 2.05) is 0 Å². The molecule has 0 spiro atoms. The maximum Gasteiger partial charge on any atom is 0.235 e. The fourth-order valence-corrected chi connectivity index (χ4v) is 1.39. The smallest absolute Gasteiger partial charge is 0.235 e. The number of hydrogen-bond donors (Lipinski definition) is 0. The first-order valence-corrected chi connectivity index (χ1v) is 4.50. The van der Waals surface area contributed by atoms with E-state index < -0.39 is 4.92 Å². The second-order valence-corrected chi connectivity index (χ2v) is 3.06. The van der Waals surface area contributed by atoms with Crippen LogP contribution in [-0.2, 0) is 0 Å². The maximum atomic E-state index is 10.2.